The first-order valence-corrected chi connectivity index (χ1v) is 6.74. The van der Waals surface area contributed by atoms with E-state index < -0.39 is 17.2 Å². The molecule has 0 amide bonds. The predicted octanol–water partition coefficient (Wildman–Crippen LogP) is 4.26. The summed E-state index contributed by atoms with van der Waals surface area (Å²) >= 11 is 5.76. The molecule has 0 spiro atoms. The van der Waals surface area contributed by atoms with Crippen molar-refractivity contribution in [1.82, 2.24) is 0 Å². The maximum atomic E-state index is 14.1. The minimum absolute atomic E-state index is 0.0164. The Bertz CT molecular complexity index is 513. The summed E-state index contributed by atoms with van der Waals surface area (Å²) in [4.78, 5) is 11.6. The lowest BCUT2D eigenvalue weighted by Gasteiger charge is -2.50. The molecule has 0 atom stereocenters. The van der Waals surface area contributed by atoms with Crippen LogP contribution in [0.15, 0.2) is 18.2 Å². The van der Waals surface area contributed by atoms with Crippen molar-refractivity contribution < 1.29 is 14.3 Å². The van der Waals surface area contributed by atoms with E-state index in [9.17, 15) is 14.3 Å². The van der Waals surface area contributed by atoms with Gasteiger partial charge in [0.1, 0.15) is 5.82 Å². The van der Waals surface area contributed by atoms with E-state index >= 15 is 0 Å². The number of carboxylic acids is 1. The molecule has 1 aliphatic carbocycles. The van der Waals surface area contributed by atoms with Gasteiger partial charge in [0.15, 0.2) is 0 Å². The van der Waals surface area contributed by atoms with Gasteiger partial charge in [0.25, 0.3) is 0 Å². The Balaban J connectivity index is 2.39. The van der Waals surface area contributed by atoms with Crippen LogP contribution >= 0.6 is 11.6 Å². The number of hydrogen-bond donors (Lipinski definition) is 1. The fourth-order valence-electron chi connectivity index (χ4n) is 2.78. The Labute approximate surface area is 117 Å². The van der Waals surface area contributed by atoms with E-state index in [2.05, 4.69) is 20.8 Å². The van der Waals surface area contributed by atoms with Crippen LogP contribution in [0.25, 0.3) is 0 Å². The molecule has 0 aromatic heterocycles. The highest BCUT2D eigenvalue weighted by Crippen LogP contribution is 2.55. The third-order valence-corrected chi connectivity index (χ3v) is 4.58. The lowest BCUT2D eigenvalue weighted by atomic mass is 9.52. The molecular formula is C15H18ClFO2. The number of carboxylic acid groups (broad SMARTS) is 1. The zero-order chi connectivity index (χ0) is 14.4. The Hall–Kier alpha value is -1.09. The van der Waals surface area contributed by atoms with Gasteiger partial charge in [-0.25, -0.2) is 4.39 Å². The predicted molar refractivity (Wildman–Crippen MR) is 72.9 cm³/mol. The average Bonchev–Trinajstić information content (AvgIpc) is 2.20. The van der Waals surface area contributed by atoms with Crippen molar-refractivity contribution in [3.05, 3.63) is 34.6 Å². The second kappa shape index (κ2) is 4.48. The minimum Gasteiger partial charge on any atom is -0.481 e. The number of hydrogen-bond acceptors (Lipinski definition) is 1. The average molecular weight is 285 g/mol. The monoisotopic (exact) mass is 284 g/mol. The summed E-state index contributed by atoms with van der Waals surface area (Å²) < 4.78 is 14.1. The lowest BCUT2D eigenvalue weighted by Crippen LogP contribution is -2.52. The van der Waals surface area contributed by atoms with Crippen molar-refractivity contribution in [3.8, 4) is 0 Å². The van der Waals surface area contributed by atoms with E-state index in [1.54, 1.807) is 6.07 Å². The molecule has 0 bridgehead atoms. The maximum absolute atomic E-state index is 14.1. The number of halogens is 2. The zero-order valence-corrected chi connectivity index (χ0v) is 12.1. The maximum Gasteiger partial charge on any atom is 0.314 e. The summed E-state index contributed by atoms with van der Waals surface area (Å²) in [5.74, 6) is -1.28. The fraction of sp³-hybridized carbons (Fsp3) is 0.533. The van der Waals surface area contributed by atoms with Crippen LogP contribution in [0.2, 0.25) is 5.02 Å². The van der Waals surface area contributed by atoms with Crippen LogP contribution in [0, 0.1) is 17.2 Å². The summed E-state index contributed by atoms with van der Waals surface area (Å²) in [5, 5.41) is 9.51. The molecule has 1 aliphatic rings. The highest BCUT2D eigenvalue weighted by atomic mass is 35.5. The Kier molecular flexibility index (Phi) is 3.38. The Morgan fingerprint density at radius 2 is 2.00 bits per heavy atom. The van der Waals surface area contributed by atoms with Gasteiger partial charge in [-0.05, 0) is 30.2 Å². The number of carbonyl (C=O) groups is 1. The SMILES string of the molecule is CC(C)(C)C1CC(C(=O)O)(c2cccc(Cl)c2F)C1. The molecule has 2 rings (SSSR count). The lowest BCUT2D eigenvalue weighted by molar-refractivity contribution is -0.152. The van der Waals surface area contributed by atoms with Crippen LogP contribution in [0.5, 0.6) is 0 Å². The van der Waals surface area contributed by atoms with E-state index in [0.29, 0.717) is 12.8 Å². The van der Waals surface area contributed by atoms with Crippen LogP contribution < -0.4 is 0 Å². The van der Waals surface area contributed by atoms with Crippen LogP contribution in [0.3, 0.4) is 0 Å². The normalized spacial score (nSPS) is 26.9. The molecule has 0 aliphatic heterocycles. The van der Waals surface area contributed by atoms with Gasteiger partial charge in [-0.2, -0.15) is 0 Å². The van der Waals surface area contributed by atoms with Gasteiger partial charge in [-0.3, -0.25) is 4.79 Å². The highest BCUT2D eigenvalue weighted by Gasteiger charge is 2.55. The first kappa shape index (κ1) is 14.3. The molecule has 0 unspecified atom stereocenters. The van der Waals surface area contributed by atoms with Gasteiger partial charge in [0, 0.05) is 5.56 Å². The van der Waals surface area contributed by atoms with Gasteiger partial charge >= 0.3 is 5.97 Å². The van der Waals surface area contributed by atoms with Gasteiger partial charge in [-0.15, -0.1) is 0 Å². The van der Waals surface area contributed by atoms with E-state index in [1.807, 2.05) is 0 Å². The molecule has 1 saturated carbocycles. The van der Waals surface area contributed by atoms with E-state index in [4.69, 9.17) is 11.6 Å². The van der Waals surface area contributed by atoms with Crippen molar-refractivity contribution in [1.29, 1.82) is 0 Å². The van der Waals surface area contributed by atoms with E-state index in [1.165, 1.54) is 12.1 Å². The summed E-state index contributed by atoms with van der Waals surface area (Å²) in [5.41, 5.74) is -0.867. The van der Waals surface area contributed by atoms with Crippen molar-refractivity contribution in [2.75, 3.05) is 0 Å². The van der Waals surface area contributed by atoms with Crippen LogP contribution in [-0.4, -0.2) is 11.1 Å². The molecule has 0 radical (unpaired) electrons. The quantitative estimate of drug-likeness (QED) is 0.881. The van der Waals surface area contributed by atoms with Gasteiger partial charge in [0.05, 0.1) is 10.4 Å². The zero-order valence-electron chi connectivity index (χ0n) is 11.3. The molecule has 0 saturated heterocycles. The van der Waals surface area contributed by atoms with Crippen molar-refractivity contribution in [2.24, 2.45) is 11.3 Å². The van der Waals surface area contributed by atoms with Gasteiger partial charge < -0.3 is 5.11 Å². The molecule has 4 heteroatoms. The van der Waals surface area contributed by atoms with Crippen LogP contribution in [0.1, 0.15) is 39.2 Å². The largest absolute Gasteiger partial charge is 0.481 e. The summed E-state index contributed by atoms with van der Waals surface area (Å²) in [6, 6.07) is 4.58. The smallest absolute Gasteiger partial charge is 0.314 e. The fourth-order valence-corrected chi connectivity index (χ4v) is 2.95. The third-order valence-electron chi connectivity index (χ3n) is 4.29. The molecule has 1 aromatic rings. The van der Waals surface area contributed by atoms with Crippen molar-refractivity contribution in [2.45, 2.75) is 39.0 Å². The summed E-state index contributed by atoms with van der Waals surface area (Å²) in [6.45, 7) is 6.24. The molecular weight excluding hydrogens is 267 g/mol. The highest BCUT2D eigenvalue weighted by molar-refractivity contribution is 6.30. The van der Waals surface area contributed by atoms with Crippen molar-refractivity contribution >= 4 is 17.6 Å². The molecule has 0 heterocycles. The molecule has 1 N–H and O–H groups in total. The minimum atomic E-state index is -1.12. The Morgan fingerprint density at radius 3 is 2.47 bits per heavy atom. The van der Waals surface area contributed by atoms with Gasteiger partial charge in [-0.1, -0.05) is 44.5 Å². The van der Waals surface area contributed by atoms with Crippen LogP contribution in [-0.2, 0) is 10.2 Å². The Morgan fingerprint density at radius 1 is 1.42 bits per heavy atom. The second-order valence-corrected chi connectivity index (χ2v) is 6.87. The molecule has 1 aromatic carbocycles. The summed E-state index contributed by atoms with van der Waals surface area (Å²) in [6.07, 6.45) is 0.923. The number of benzene rings is 1. The first-order chi connectivity index (χ1) is 8.68. The molecule has 2 nitrogen and oxygen atoms in total. The molecule has 1 fully saturated rings. The van der Waals surface area contributed by atoms with Crippen LogP contribution in [0.4, 0.5) is 4.39 Å². The summed E-state index contributed by atoms with van der Waals surface area (Å²) in [7, 11) is 0. The number of aliphatic carboxylic acids is 1. The standard InChI is InChI=1S/C15H18ClFO2/c1-14(2,3)9-7-15(8-9,13(18)19)10-5-4-6-11(16)12(10)17/h4-6,9H,7-8H2,1-3H3,(H,18,19). The first-order valence-electron chi connectivity index (χ1n) is 6.36. The molecule has 19 heavy (non-hydrogen) atoms. The van der Waals surface area contributed by atoms with Gasteiger partial charge in [0.2, 0.25) is 0 Å². The number of rotatable bonds is 2. The van der Waals surface area contributed by atoms with Crippen molar-refractivity contribution in [3.63, 3.8) is 0 Å². The van der Waals surface area contributed by atoms with E-state index in [-0.39, 0.29) is 21.9 Å². The van der Waals surface area contributed by atoms with E-state index in [0.717, 1.165) is 0 Å². The molecule has 104 valence electrons. The third kappa shape index (κ3) is 2.25. The topological polar surface area (TPSA) is 37.3 Å². The second-order valence-electron chi connectivity index (χ2n) is 6.46.